The number of unbranched alkanes of at least 4 members (excludes halogenated alkanes) is 31. The third-order valence-corrected chi connectivity index (χ3v) is 11.0. The minimum Gasteiger partial charge on any atom is -0.462 e. The van der Waals surface area contributed by atoms with Crippen molar-refractivity contribution in [2.24, 2.45) is 5.92 Å². The van der Waals surface area contributed by atoms with Crippen molar-refractivity contribution in [3.05, 3.63) is 0 Å². The molecule has 0 fully saturated rings. The molecule has 0 amide bonds. The minimum absolute atomic E-state index is 0.0640. The van der Waals surface area contributed by atoms with Crippen molar-refractivity contribution >= 4 is 17.9 Å². The quantitative estimate of drug-likeness (QED) is 0.0348. The van der Waals surface area contributed by atoms with Crippen LogP contribution >= 0.6 is 0 Å². The van der Waals surface area contributed by atoms with Crippen molar-refractivity contribution in [2.75, 3.05) is 13.2 Å². The molecule has 0 spiro atoms. The Morgan fingerprint density at radius 1 is 0.345 bits per heavy atom. The Labute approximate surface area is 342 Å². The molecular weight excluding hydrogens is 685 g/mol. The van der Waals surface area contributed by atoms with Crippen LogP contribution in [0.15, 0.2) is 0 Å². The van der Waals surface area contributed by atoms with Crippen molar-refractivity contribution in [3.63, 3.8) is 0 Å². The number of carbonyl (C=O) groups is 3. The molecule has 0 aliphatic rings. The van der Waals surface area contributed by atoms with E-state index in [1.54, 1.807) is 0 Å². The summed E-state index contributed by atoms with van der Waals surface area (Å²) < 4.78 is 16.7. The second kappa shape index (κ2) is 43.5. The molecule has 0 saturated heterocycles. The first-order valence-corrected chi connectivity index (χ1v) is 24.4. The lowest BCUT2D eigenvalue weighted by Crippen LogP contribution is -2.30. The number of hydrogen-bond acceptors (Lipinski definition) is 6. The Morgan fingerprint density at radius 2 is 0.600 bits per heavy atom. The monoisotopic (exact) mass is 779 g/mol. The number of hydrogen-bond donors (Lipinski definition) is 0. The maximum Gasteiger partial charge on any atom is 0.306 e. The first-order valence-electron chi connectivity index (χ1n) is 24.4. The Hall–Kier alpha value is -1.59. The molecular formula is C49H94O6. The van der Waals surface area contributed by atoms with Crippen molar-refractivity contribution in [1.82, 2.24) is 0 Å². The summed E-state index contributed by atoms with van der Waals surface area (Å²) in [5.74, 6) is -0.0375. The lowest BCUT2D eigenvalue weighted by Gasteiger charge is -2.18. The fourth-order valence-corrected chi connectivity index (χ4v) is 7.33. The number of esters is 3. The molecule has 0 aromatic rings. The van der Waals surface area contributed by atoms with Crippen LogP contribution in [0.5, 0.6) is 0 Å². The first kappa shape index (κ1) is 53.4. The molecule has 326 valence electrons. The molecule has 0 aliphatic carbocycles. The zero-order valence-electron chi connectivity index (χ0n) is 37.4. The second-order valence-electron chi connectivity index (χ2n) is 17.2. The van der Waals surface area contributed by atoms with Gasteiger partial charge in [-0.2, -0.15) is 0 Å². The lowest BCUT2D eigenvalue weighted by molar-refractivity contribution is -0.167. The fraction of sp³-hybridized carbons (Fsp3) is 0.939. The third-order valence-electron chi connectivity index (χ3n) is 11.0. The largest absolute Gasteiger partial charge is 0.462 e. The maximum absolute atomic E-state index is 12.7. The van der Waals surface area contributed by atoms with Crippen LogP contribution in [-0.4, -0.2) is 37.2 Å². The molecule has 0 unspecified atom stereocenters. The minimum atomic E-state index is -0.759. The zero-order chi connectivity index (χ0) is 40.3. The van der Waals surface area contributed by atoms with E-state index in [1.165, 1.54) is 167 Å². The molecule has 0 radical (unpaired) electrons. The molecule has 55 heavy (non-hydrogen) atoms. The highest BCUT2D eigenvalue weighted by atomic mass is 16.6. The highest BCUT2D eigenvalue weighted by Crippen LogP contribution is 2.17. The van der Waals surface area contributed by atoms with Crippen LogP contribution in [-0.2, 0) is 28.6 Å². The van der Waals surface area contributed by atoms with Crippen molar-refractivity contribution < 1.29 is 28.6 Å². The van der Waals surface area contributed by atoms with Gasteiger partial charge in [-0.15, -0.1) is 0 Å². The van der Waals surface area contributed by atoms with E-state index in [9.17, 15) is 14.4 Å². The molecule has 0 aliphatic heterocycles. The Balaban J connectivity index is 4.22. The summed E-state index contributed by atoms with van der Waals surface area (Å²) in [6.07, 6.45) is 43.9. The van der Waals surface area contributed by atoms with Gasteiger partial charge in [0.05, 0.1) is 0 Å². The van der Waals surface area contributed by atoms with Gasteiger partial charge in [-0.3, -0.25) is 14.4 Å². The topological polar surface area (TPSA) is 78.9 Å². The molecule has 0 rings (SSSR count). The fourth-order valence-electron chi connectivity index (χ4n) is 7.33. The van der Waals surface area contributed by atoms with E-state index in [1.807, 2.05) is 0 Å². The van der Waals surface area contributed by atoms with E-state index in [4.69, 9.17) is 14.2 Å². The molecule has 0 aromatic carbocycles. The average molecular weight is 779 g/mol. The summed E-state index contributed by atoms with van der Waals surface area (Å²) >= 11 is 0. The van der Waals surface area contributed by atoms with Crippen LogP contribution < -0.4 is 0 Å². The van der Waals surface area contributed by atoms with Gasteiger partial charge in [0.25, 0.3) is 0 Å². The van der Waals surface area contributed by atoms with Crippen LogP contribution in [0.3, 0.4) is 0 Å². The molecule has 0 heterocycles. The van der Waals surface area contributed by atoms with Crippen LogP contribution in [0.2, 0.25) is 0 Å². The van der Waals surface area contributed by atoms with E-state index in [0.717, 1.165) is 63.7 Å². The lowest BCUT2D eigenvalue weighted by atomic mass is 10.0. The van der Waals surface area contributed by atoms with E-state index < -0.39 is 6.10 Å². The van der Waals surface area contributed by atoms with Gasteiger partial charge < -0.3 is 14.2 Å². The van der Waals surface area contributed by atoms with Gasteiger partial charge in [-0.05, 0) is 25.2 Å². The molecule has 6 heteroatoms. The standard InChI is InChI=1S/C49H94O6/c1-5-7-9-11-13-14-15-16-17-18-19-20-21-26-30-34-38-42-49(52)55-46(43-53-47(50)40-36-32-27-12-10-8-6-2)44-54-48(51)41-37-33-29-25-23-22-24-28-31-35-39-45(3)4/h45-46H,5-44H2,1-4H3/t46-/m1/s1. The van der Waals surface area contributed by atoms with Crippen molar-refractivity contribution in [3.8, 4) is 0 Å². The number of ether oxygens (including phenoxy) is 3. The zero-order valence-corrected chi connectivity index (χ0v) is 37.4. The smallest absolute Gasteiger partial charge is 0.306 e. The summed E-state index contributed by atoms with van der Waals surface area (Å²) in [4.78, 5) is 37.7. The van der Waals surface area contributed by atoms with Crippen LogP contribution in [0.4, 0.5) is 0 Å². The van der Waals surface area contributed by atoms with Gasteiger partial charge in [-0.25, -0.2) is 0 Å². The number of carbonyl (C=O) groups excluding carboxylic acids is 3. The van der Waals surface area contributed by atoms with Gasteiger partial charge in [-0.1, -0.05) is 233 Å². The molecule has 6 nitrogen and oxygen atoms in total. The third kappa shape index (κ3) is 43.4. The molecule has 0 aromatic heterocycles. The van der Waals surface area contributed by atoms with Crippen molar-refractivity contribution in [1.29, 1.82) is 0 Å². The van der Waals surface area contributed by atoms with Gasteiger partial charge in [0, 0.05) is 19.3 Å². The van der Waals surface area contributed by atoms with Crippen LogP contribution in [0, 0.1) is 5.92 Å². The number of rotatable bonds is 44. The van der Waals surface area contributed by atoms with E-state index in [0.29, 0.717) is 19.3 Å². The molecule has 0 saturated carbocycles. The normalized spacial score (nSPS) is 11.9. The first-order chi connectivity index (χ1) is 26.9. The molecule has 1 atom stereocenters. The second-order valence-corrected chi connectivity index (χ2v) is 17.2. The van der Waals surface area contributed by atoms with Gasteiger partial charge in [0.15, 0.2) is 6.10 Å². The SMILES string of the molecule is CCCCCCCCCCCCCCCCCCCC(=O)O[C@H](COC(=O)CCCCCCCCC)COC(=O)CCCCCCCCCCCCC(C)C. The van der Waals surface area contributed by atoms with Crippen LogP contribution in [0.1, 0.15) is 272 Å². The van der Waals surface area contributed by atoms with E-state index in [-0.39, 0.29) is 31.1 Å². The molecule has 0 N–H and O–H groups in total. The average Bonchev–Trinajstić information content (AvgIpc) is 3.17. The van der Waals surface area contributed by atoms with Gasteiger partial charge in [0.1, 0.15) is 13.2 Å². The molecule has 0 bridgehead atoms. The Kier molecular flexibility index (Phi) is 42.3. The summed E-state index contributed by atoms with van der Waals surface area (Å²) in [6, 6.07) is 0. The maximum atomic E-state index is 12.7. The Bertz CT molecular complexity index is 826. The van der Waals surface area contributed by atoms with Gasteiger partial charge in [0.2, 0.25) is 0 Å². The highest BCUT2D eigenvalue weighted by Gasteiger charge is 2.19. The predicted octanol–water partition coefficient (Wildman–Crippen LogP) is 15.5. The van der Waals surface area contributed by atoms with Crippen molar-refractivity contribution in [2.45, 2.75) is 278 Å². The van der Waals surface area contributed by atoms with Crippen LogP contribution in [0.25, 0.3) is 0 Å². The van der Waals surface area contributed by atoms with E-state index >= 15 is 0 Å². The highest BCUT2D eigenvalue weighted by molar-refractivity contribution is 5.71. The Morgan fingerprint density at radius 3 is 0.891 bits per heavy atom. The van der Waals surface area contributed by atoms with E-state index in [2.05, 4.69) is 27.7 Å². The predicted molar refractivity (Wildman–Crippen MR) is 233 cm³/mol. The summed E-state index contributed by atoms with van der Waals surface area (Å²) in [6.45, 7) is 8.96. The summed E-state index contributed by atoms with van der Waals surface area (Å²) in [5, 5.41) is 0. The van der Waals surface area contributed by atoms with Gasteiger partial charge >= 0.3 is 17.9 Å². The summed E-state index contributed by atoms with van der Waals surface area (Å²) in [7, 11) is 0. The summed E-state index contributed by atoms with van der Waals surface area (Å²) in [5.41, 5.74) is 0.